The zero-order valence-electron chi connectivity index (χ0n) is 14.2. The van der Waals surface area contributed by atoms with Gasteiger partial charge >= 0.3 is 0 Å². The van der Waals surface area contributed by atoms with Crippen LogP contribution in [0.25, 0.3) is 17.2 Å². The molecule has 0 unspecified atom stereocenters. The van der Waals surface area contributed by atoms with E-state index in [9.17, 15) is 9.50 Å². The highest BCUT2D eigenvalue weighted by Crippen LogP contribution is 2.37. The largest absolute Gasteiger partial charge is 0.392 e. The summed E-state index contributed by atoms with van der Waals surface area (Å²) >= 11 is 0. The fourth-order valence-electron chi connectivity index (χ4n) is 2.91. The third kappa shape index (κ3) is 3.35. The maximum atomic E-state index is 13.3. The highest BCUT2D eigenvalue weighted by atomic mass is 19.1. The molecule has 0 spiro atoms. The van der Waals surface area contributed by atoms with E-state index in [1.165, 1.54) is 12.1 Å². The fraction of sp³-hybridized carbons (Fsp3) is 0.350. The van der Waals surface area contributed by atoms with Crippen LogP contribution in [0, 0.1) is 5.82 Å². The maximum absolute atomic E-state index is 13.3. The summed E-state index contributed by atoms with van der Waals surface area (Å²) in [5, 5.41) is 9.97. The van der Waals surface area contributed by atoms with E-state index in [1.807, 2.05) is 0 Å². The van der Waals surface area contributed by atoms with Crippen LogP contribution in [-0.2, 0) is 6.61 Å². The number of benzene rings is 1. The minimum absolute atomic E-state index is 0.105. The van der Waals surface area contributed by atoms with Gasteiger partial charge in [0.1, 0.15) is 5.82 Å². The Kier molecular flexibility index (Phi) is 5.32. The van der Waals surface area contributed by atoms with Gasteiger partial charge in [-0.1, -0.05) is 52.5 Å². The van der Waals surface area contributed by atoms with Crippen LogP contribution >= 0.6 is 0 Å². The first-order valence-corrected chi connectivity index (χ1v) is 7.96. The van der Waals surface area contributed by atoms with Crippen molar-refractivity contribution in [3.05, 3.63) is 59.2 Å². The zero-order valence-corrected chi connectivity index (χ0v) is 14.2. The average Bonchev–Trinajstić information content (AvgIpc) is 2.53. The Morgan fingerprint density at radius 1 is 1.09 bits per heavy atom. The molecular formula is C20H24FNO. The van der Waals surface area contributed by atoms with Crippen molar-refractivity contribution < 1.29 is 9.50 Å². The van der Waals surface area contributed by atoms with Crippen molar-refractivity contribution in [3.8, 4) is 11.1 Å². The Labute approximate surface area is 137 Å². The summed E-state index contributed by atoms with van der Waals surface area (Å²) in [7, 11) is 0. The molecule has 1 N–H and O–H groups in total. The topological polar surface area (TPSA) is 33.1 Å². The lowest BCUT2D eigenvalue weighted by Crippen LogP contribution is -2.10. The van der Waals surface area contributed by atoms with Crippen LogP contribution in [-0.4, -0.2) is 10.1 Å². The second-order valence-corrected chi connectivity index (χ2v) is 6.33. The number of aliphatic hydroxyl groups excluding tert-OH is 1. The van der Waals surface area contributed by atoms with Crippen LogP contribution in [0.1, 0.15) is 62.0 Å². The number of nitrogens with zero attached hydrogens (tertiary/aromatic N) is 1. The lowest BCUT2D eigenvalue weighted by Gasteiger charge is -2.22. The zero-order chi connectivity index (χ0) is 17.1. The molecule has 1 aromatic heterocycles. The van der Waals surface area contributed by atoms with Gasteiger partial charge < -0.3 is 5.11 Å². The first-order chi connectivity index (χ1) is 10.9. The van der Waals surface area contributed by atoms with Crippen molar-refractivity contribution in [1.29, 1.82) is 0 Å². The van der Waals surface area contributed by atoms with Gasteiger partial charge in [0.25, 0.3) is 0 Å². The molecule has 0 fully saturated rings. The van der Waals surface area contributed by atoms with E-state index < -0.39 is 0 Å². The van der Waals surface area contributed by atoms with Gasteiger partial charge in [-0.15, -0.1) is 0 Å². The number of rotatable bonds is 5. The summed E-state index contributed by atoms with van der Waals surface area (Å²) in [6.45, 7) is 12.1. The molecule has 23 heavy (non-hydrogen) atoms. The van der Waals surface area contributed by atoms with Crippen molar-refractivity contribution in [2.24, 2.45) is 0 Å². The number of hydrogen-bond donors (Lipinski definition) is 1. The van der Waals surface area contributed by atoms with Gasteiger partial charge in [0.05, 0.1) is 12.3 Å². The highest BCUT2D eigenvalue weighted by Gasteiger charge is 2.21. The molecule has 0 radical (unpaired) electrons. The summed E-state index contributed by atoms with van der Waals surface area (Å²) in [6, 6.07) is 6.36. The van der Waals surface area contributed by atoms with Crippen molar-refractivity contribution in [2.75, 3.05) is 0 Å². The molecule has 0 bridgehead atoms. The number of pyridine rings is 1. The molecule has 0 saturated heterocycles. The second kappa shape index (κ2) is 7.05. The minimum Gasteiger partial charge on any atom is -0.392 e. The van der Waals surface area contributed by atoms with Gasteiger partial charge in [-0.2, -0.15) is 0 Å². The van der Waals surface area contributed by atoms with Crippen LogP contribution in [0.3, 0.4) is 0 Å². The Balaban J connectivity index is 2.89. The van der Waals surface area contributed by atoms with Crippen molar-refractivity contribution in [1.82, 2.24) is 4.98 Å². The molecule has 0 saturated carbocycles. The maximum Gasteiger partial charge on any atom is 0.123 e. The Hall–Kier alpha value is -2.00. The quantitative estimate of drug-likeness (QED) is 0.815. The normalized spacial score (nSPS) is 11.3. The minimum atomic E-state index is -0.276. The average molecular weight is 313 g/mol. The summed E-state index contributed by atoms with van der Waals surface area (Å²) in [4.78, 5) is 4.81. The molecule has 0 aliphatic carbocycles. The Bertz CT molecular complexity index is 703. The van der Waals surface area contributed by atoms with Crippen molar-refractivity contribution in [3.63, 3.8) is 0 Å². The standard InChI is InChI=1S/C20H24FNO/c1-6-16-18(14-7-9-15(21)10-8-14)17(11-23)20(13(4)5)22-19(16)12(2)3/h6-10,12-13,23H,1,11H2,2-5H3. The van der Waals surface area contributed by atoms with Crippen LogP contribution in [0.2, 0.25) is 0 Å². The number of aromatic nitrogens is 1. The number of aliphatic hydroxyl groups is 1. The fourth-order valence-corrected chi connectivity index (χ4v) is 2.91. The smallest absolute Gasteiger partial charge is 0.123 e. The van der Waals surface area contributed by atoms with Gasteiger partial charge in [0, 0.05) is 16.8 Å². The van der Waals surface area contributed by atoms with Crippen LogP contribution < -0.4 is 0 Å². The molecule has 1 aromatic carbocycles. The van der Waals surface area contributed by atoms with Gasteiger partial charge in [0.2, 0.25) is 0 Å². The van der Waals surface area contributed by atoms with Gasteiger partial charge in [-0.05, 0) is 35.1 Å². The molecule has 2 rings (SSSR count). The molecular weight excluding hydrogens is 289 g/mol. The third-order valence-corrected chi connectivity index (χ3v) is 3.99. The molecule has 0 aliphatic rings. The number of hydrogen-bond acceptors (Lipinski definition) is 2. The van der Waals surface area contributed by atoms with Crippen LogP contribution in [0.15, 0.2) is 30.8 Å². The lowest BCUT2D eigenvalue weighted by atomic mass is 9.87. The third-order valence-electron chi connectivity index (χ3n) is 3.99. The summed E-state index contributed by atoms with van der Waals surface area (Å²) < 4.78 is 13.3. The predicted molar refractivity (Wildman–Crippen MR) is 93.8 cm³/mol. The molecule has 3 heteroatoms. The summed E-state index contributed by atoms with van der Waals surface area (Å²) in [6.07, 6.45) is 1.78. The van der Waals surface area contributed by atoms with Crippen LogP contribution in [0.4, 0.5) is 4.39 Å². The SMILES string of the molecule is C=Cc1c(C(C)C)nc(C(C)C)c(CO)c1-c1ccc(F)cc1. The second-order valence-electron chi connectivity index (χ2n) is 6.33. The van der Waals surface area contributed by atoms with E-state index in [0.717, 1.165) is 33.6 Å². The molecule has 0 amide bonds. The van der Waals surface area contributed by atoms with Gasteiger partial charge in [-0.25, -0.2) is 4.39 Å². The van der Waals surface area contributed by atoms with E-state index >= 15 is 0 Å². The summed E-state index contributed by atoms with van der Waals surface area (Å²) in [5.41, 5.74) is 5.34. The first-order valence-electron chi connectivity index (χ1n) is 7.96. The summed E-state index contributed by atoms with van der Waals surface area (Å²) in [5.74, 6) is 0.141. The molecule has 2 aromatic rings. The predicted octanol–water partition coefficient (Wildman–Crippen LogP) is 5.27. The lowest BCUT2D eigenvalue weighted by molar-refractivity contribution is 0.280. The Morgan fingerprint density at radius 3 is 2.09 bits per heavy atom. The van der Waals surface area contributed by atoms with Gasteiger partial charge in [0.15, 0.2) is 0 Å². The molecule has 0 atom stereocenters. The molecule has 1 heterocycles. The van der Waals surface area contributed by atoms with E-state index in [2.05, 4.69) is 34.3 Å². The number of halogens is 1. The van der Waals surface area contributed by atoms with E-state index in [1.54, 1.807) is 18.2 Å². The van der Waals surface area contributed by atoms with E-state index in [-0.39, 0.29) is 24.3 Å². The highest BCUT2D eigenvalue weighted by molar-refractivity contribution is 5.79. The first kappa shape index (κ1) is 17.4. The molecule has 2 nitrogen and oxygen atoms in total. The molecule has 122 valence electrons. The Morgan fingerprint density at radius 2 is 1.65 bits per heavy atom. The molecule has 0 aliphatic heterocycles. The van der Waals surface area contributed by atoms with Crippen molar-refractivity contribution in [2.45, 2.75) is 46.1 Å². The van der Waals surface area contributed by atoms with E-state index in [0.29, 0.717) is 0 Å². The van der Waals surface area contributed by atoms with Crippen LogP contribution in [0.5, 0.6) is 0 Å². The monoisotopic (exact) mass is 313 g/mol. The van der Waals surface area contributed by atoms with Crippen molar-refractivity contribution >= 4 is 6.08 Å². The van der Waals surface area contributed by atoms with E-state index in [4.69, 9.17) is 4.98 Å². The van der Waals surface area contributed by atoms with Gasteiger partial charge in [-0.3, -0.25) is 4.98 Å².